The molecule has 4 rings (SSSR count). The summed E-state index contributed by atoms with van der Waals surface area (Å²) in [5, 5.41) is 0. The Bertz CT molecular complexity index is 1300. The molecule has 3 aromatic carbocycles. The molecule has 7 nitrogen and oxygen atoms in total. The molecular weight excluding hydrogens is 469 g/mol. The van der Waals surface area contributed by atoms with Crippen LogP contribution in [-0.4, -0.2) is 56.2 Å². The summed E-state index contributed by atoms with van der Waals surface area (Å²) in [4.78, 5) is 29.0. The second-order valence-electron chi connectivity index (χ2n) is 8.27. The summed E-state index contributed by atoms with van der Waals surface area (Å²) in [5.74, 6) is -0.752. The lowest BCUT2D eigenvalue weighted by Crippen LogP contribution is -2.50. The number of amides is 2. The summed E-state index contributed by atoms with van der Waals surface area (Å²) in [6.45, 7) is 3.77. The van der Waals surface area contributed by atoms with Crippen LogP contribution in [0.3, 0.4) is 0 Å². The molecule has 1 saturated heterocycles. The molecule has 0 bridgehead atoms. The summed E-state index contributed by atoms with van der Waals surface area (Å²) in [6, 6.07) is 18.2. The molecule has 9 heteroatoms. The van der Waals surface area contributed by atoms with Crippen LogP contribution < -0.4 is 4.72 Å². The van der Waals surface area contributed by atoms with Crippen LogP contribution in [0.2, 0.25) is 0 Å². The van der Waals surface area contributed by atoms with Gasteiger partial charge in [0.1, 0.15) is 5.82 Å². The number of hydrogen-bond donors (Lipinski definition) is 1. The van der Waals surface area contributed by atoms with Crippen molar-refractivity contribution in [3.8, 4) is 0 Å². The maximum Gasteiger partial charge on any atom is 0.261 e. The number of halogens is 1. The third-order valence-electron chi connectivity index (χ3n) is 5.97. The molecule has 0 saturated carbocycles. The van der Waals surface area contributed by atoms with Crippen LogP contribution in [0, 0.1) is 5.82 Å². The first kappa shape index (κ1) is 24.4. The Balaban J connectivity index is 1.34. The number of piperazine rings is 1. The van der Waals surface area contributed by atoms with E-state index in [4.69, 9.17) is 0 Å². The topological polar surface area (TPSA) is 86.8 Å². The SMILES string of the molecule is CCc1ccc(C(=O)N2CCN(C(=O)c3ccc(NS(=O)(=O)c4ccc(F)cc4)cc3)CC2)cc1. The first-order valence-electron chi connectivity index (χ1n) is 11.3. The van der Waals surface area contributed by atoms with Gasteiger partial charge in [0.15, 0.2) is 0 Å². The molecule has 0 radical (unpaired) electrons. The molecule has 1 heterocycles. The van der Waals surface area contributed by atoms with Gasteiger partial charge < -0.3 is 9.80 Å². The zero-order chi connectivity index (χ0) is 25.0. The number of anilines is 1. The monoisotopic (exact) mass is 495 g/mol. The van der Waals surface area contributed by atoms with Crippen molar-refractivity contribution < 1.29 is 22.4 Å². The second-order valence-corrected chi connectivity index (χ2v) is 9.95. The molecule has 0 spiro atoms. The lowest BCUT2D eigenvalue weighted by Gasteiger charge is -2.35. The fourth-order valence-electron chi connectivity index (χ4n) is 3.87. The highest BCUT2D eigenvalue weighted by molar-refractivity contribution is 7.92. The number of hydrogen-bond acceptors (Lipinski definition) is 4. The number of carbonyl (C=O) groups excluding carboxylic acids is 2. The summed E-state index contributed by atoms with van der Waals surface area (Å²) >= 11 is 0. The molecule has 0 aromatic heterocycles. The molecule has 0 atom stereocenters. The fourth-order valence-corrected chi connectivity index (χ4v) is 4.93. The van der Waals surface area contributed by atoms with Crippen molar-refractivity contribution in [2.75, 3.05) is 30.9 Å². The first-order chi connectivity index (χ1) is 16.8. The van der Waals surface area contributed by atoms with Crippen molar-refractivity contribution in [3.05, 3.63) is 95.3 Å². The van der Waals surface area contributed by atoms with Gasteiger partial charge in [0.2, 0.25) is 0 Å². The number of benzene rings is 3. The van der Waals surface area contributed by atoms with Crippen LogP contribution in [0.4, 0.5) is 10.1 Å². The van der Waals surface area contributed by atoms with Gasteiger partial charge in [-0.25, -0.2) is 12.8 Å². The molecule has 0 unspecified atom stereocenters. The van der Waals surface area contributed by atoms with Gasteiger partial charge in [-0.15, -0.1) is 0 Å². The summed E-state index contributed by atoms with van der Waals surface area (Å²) in [6.07, 6.45) is 0.913. The minimum atomic E-state index is -3.87. The maximum absolute atomic E-state index is 13.1. The Morgan fingerprint density at radius 1 is 0.771 bits per heavy atom. The van der Waals surface area contributed by atoms with Crippen LogP contribution in [0.15, 0.2) is 77.7 Å². The van der Waals surface area contributed by atoms with Crippen molar-refractivity contribution in [3.63, 3.8) is 0 Å². The van der Waals surface area contributed by atoms with E-state index in [0.717, 1.165) is 18.6 Å². The van der Waals surface area contributed by atoms with E-state index < -0.39 is 15.8 Å². The van der Waals surface area contributed by atoms with E-state index in [9.17, 15) is 22.4 Å². The number of nitrogens with zero attached hydrogens (tertiary/aromatic N) is 2. The highest BCUT2D eigenvalue weighted by Crippen LogP contribution is 2.19. The van der Waals surface area contributed by atoms with E-state index in [2.05, 4.69) is 11.6 Å². The lowest BCUT2D eigenvalue weighted by molar-refractivity contribution is 0.0535. The average Bonchev–Trinajstić information content (AvgIpc) is 2.88. The van der Waals surface area contributed by atoms with Gasteiger partial charge in [-0.05, 0) is 72.6 Å². The molecule has 3 aromatic rings. The molecule has 182 valence electrons. The van der Waals surface area contributed by atoms with E-state index >= 15 is 0 Å². The Hall–Kier alpha value is -3.72. The molecule has 1 aliphatic rings. The molecule has 35 heavy (non-hydrogen) atoms. The van der Waals surface area contributed by atoms with Crippen molar-refractivity contribution in [2.24, 2.45) is 0 Å². The van der Waals surface area contributed by atoms with Gasteiger partial charge in [0, 0.05) is 43.0 Å². The molecule has 0 aliphatic carbocycles. The van der Waals surface area contributed by atoms with Crippen molar-refractivity contribution in [1.82, 2.24) is 9.80 Å². The maximum atomic E-state index is 13.1. The van der Waals surface area contributed by atoms with Gasteiger partial charge in [0.05, 0.1) is 4.90 Å². The fraction of sp³-hybridized carbons (Fsp3) is 0.231. The van der Waals surface area contributed by atoms with Gasteiger partial charge in [0.25, 0.3) is 21.8 Å². The Morgan fingerprint density at radius 3 is 1.69 bits per heavy atom. The first-order valence-corrected chi connectivity index (χ1v) is 12.8. The molecule has 1 fully saturated rings. The third-order valence-corrected chi connectivity index (χ3v) is 7.37. The highest BCUT2D eigenvalue weighted by Gasteiger charge is 2.25. The van der Waals surface area contributed by atoms with E-state index in [1.54, 1.807) is 21.9 Å². The number of nitrogens with one attached hydrogen (secondary N) is 1. The van der Waals surface area contributed by atoms with Crippen LogP contribution in [0.1, 0.15) is 33.2 Å². The third kappa shape index (κ3) is 5.68. The zero-order valence-corrected chi connectivity index (χ0v) is 20.1. The Labute approximate surface area is 204 Å². The number of carbonyl (C=O) groups is 2. The standard InChI is InChI=1S/C26H26FN3O4S/c1-2-19-3-5-20(6-4-19)25(31)29-15-17-30(18-16-29)26(32)21-7-11-23(12-8-21)28-35(33,34)24-13-9-22(27)10-14-24/h3-14,28H,2,15-18H2,1H3. The van der Waals surface area contributed by atoms with E-state index in [1.807, 2.05) is 24.3 Å². The minimum Gasteiger partial charge on any atom is -0.335 e. The number of rotatable bonds is 6. The van der Waals surface area contributed by atoms with Crippen molar-refractivity contribution >= 4 is 27.5 Å². The molecule has 1 N–H and O–H groups in total. The van der Waals surface area contributed by atoms with Crippen LogP contribution in [0.25, 0.3) is 0 Å². The van der Waals surface area contributed by atoms with Crippen molar-refractivity contribution in [1.29, 1.82) is 0 Å². The van der Waals surface area contributed by atoms with E-state index in [-0.39, 0.29) is 22.4 Å². The minimum absolute atomic E-state index is 0.0439. The van der Waals surface area contributed by atoms with E-state index in [0.29, 0.717) is 37.3 Å². The second kappa shape index (κ2) is 10.3. The number of sulfonamides is 1. The molecule has 2 amide bonds. The van der Waals surface area contributed by atoms with Crippen LogP contribution >= 0.6 is 0 Å². The lowest BCUT2D eigenvalue weighted by atomic mass is 10.1. The predicted octanol–water partition coefficient (Wildman–Crippen LogP) is 3.79. The Kier molecular flexibility index (Phi) is 7.16. The summed E-state index contributed by atoms with van der Waals surface area (Å²) in [7, 11) is -3.87. The smallest absolute Gasteiger partial charge is 0.261 e. The molecule has 1 aliphatic heterocycles. The molecular formula is C26H26FN3O4S. The van der Waals surface area contributed by atoms with Crippen molar-refractivity contribution in [2.45, 2.75) is 18.2 Å². The summed E-state index contributed by atoms with van der Waals surface area (Å²) < 4.78 is 40.4. The largest absolute Gasteiger partial charge is 0.335 e. The van der Waals surface area contributed by atoms with Crippen LogP contribution in [-0.2, 0) is 16.4 Å². The zero-order valence-electron chi connectivity index (χ0n) is 19.3. The van der Waals surface area contributed by atoms with Gasteiger partial charge in [-0.2, -0.15) is 0 Å². The van der Waals surface area contributed by atoms with Gasteiger partial charge >= 0.3 is 0 Å². The van der Waals surface area contributed by atoms with Gasteiger partial charge in [-0.1, -0.05) is 19.1 Å². The quantitative estimate of drug-likeness (QED) is 0.564. The Morgan fingerprint density at radius 2 is 1.23 bits per heavy atom. The van der Waals surface area contributed by atoms with Crippen LogP contribution in [0.5, 0.6) is 0 Å². The van der Waals surface area contributed by atoms with E-state index in [1.165, 1.54) is 29.8 Å². The van der Waals surface area contributed by atoms with Gasteiger partial charge in [-0.3, -0.25) is 14.3 Å². The average molecular weight is 496 g/mol. The number of aryl methyl sites for hydroxylation is 1. The normalized spacial score (nSPS) is 14.0. The predicted molar refractivity (Wildman–Crippen MR) is 131 cm³/mol. The summed E-state index contributed by atoms with van der Waals surface area (Å²) in [5.41, 5.74) is 2.52. The highest BCUT2D eigenvalue weighted by atomic mass is 32.2.